The van der Waals surface area contributed by atoms with Gasteiger partial charge in [-0.25, -0.2) is 4.79 Å². The second kappa shape index (κ2) is 9.05. The lowest BCUT2D eigenvalue weighted by atomic mass is 9.80. The molecular weight excluding hydrogens is 356 g/mol. The summed E-state index contributed by atoms with van der Waals surface area (Å²) < 4.78 is 10.4. The average molecular weight is 378 g/mol. The van der Waals surface area contributed by atoms with Gasteiger partial charge in [-0.1, -0.05) is 42.5 Å². The minimum atomic E-state index is -0.397. The number of nitrogens with zero attached hydrogens (tertiary/aromatic N) is 2. The highest BCUT2D eigenvalue weighted by Crippen LogP contribution is 2.34. The Bertz CT molecular complexity index is 858. The van der Waals surface area contributed by atoms with E-state index in [1.807, 2.05) is 42.5 Å². The van der Waals surface area contributed by atoms with Crippen LogP contribution in [-0.4, -0.2) is 37.2 Å². The molecule has 0 radical (unpaired) electrons. The van der Waals surface area contributed by atoms with E-state index in [9.17, 15) is 9.59 Å². The van der Waals surface area contributed by atoms with Gasteiger partial charge in [0.2, 0.25) is 0 Å². The predicted octanol–water partition coefficient (Wildman–Crippen LogP) is 3.47. The van der Waals surface area contributed by atoms with Crippen molar-refractivity contribution >= 4 is 12.1 Å². The summed E-state index contributed by atoms with van der Waals surface area (Å²) in [6.45, 7) is 0.998. The highest BCUT2D eigenvalue weighted by atomic mass is 16.6. The van der Waals surface area contributed by atoms with Crippen molar-refractivity contribution < 1.29 is 19.1 Å². The molecule has 6 heteroatoms. The van der Waals surface area contributed by atoms with E-state index in [4.69, 9.17) is 14.7 Å². The molecule has 28 heavy (non-hydrogen) atoms. The summed E-state index contributed by atoms with van der Waals surface area (Å²) in [4.78, 5) is 26.4. The maximum Gasteiger partial charge on any atom is 0.410 e. The molecule has 0 saturated carbocycles. The first-order valence-electron chi connectivity index (χ1n) is 9.16. The SMILES string of the molecule is COC(=O)C1CCN(C(=O)OCc2ccccc2)CC1c1ccc(C#N)cc1. The fraction of sp³-hybridized carbons (Fsp3) is 0.318. The quantitative estimate of drug-likeness (QED) is 0.761. The third kappa shape index (κ3) is 4.49. The molecule has 144 valence electrons. The number of hydrogen-bond donors (Lipinski definition) is 0. The molecule has 1 fully saturated rings. The first-order valence-corrected chi connectivity index (χ1v) is 9.16. The highest BCUT2D eigenvalue weighted by molar-refractivity contribution is 5.75. The van der Waals surface area contributed by atoms with Crippen LogP contribution >= 0.6 is 0 Å². The lowest BCUT2D eigenvalue weighted by molar-refractivity contribution is -0.147. The van der Waals surface area contributed by atoms with Gasteiger partial charge < -0.3 is 14.4 Å². The fourth-order valence-corrected chi connectivity index (χ4v) is 3.50. The van der Waals surface area contributed by atoms with Gasteiger partial charge in [-0.2, -0.15) is 5.26 Å². The van der Waals surface area contributed by atoms with Crippen molar-refractivity contribution in [3.05, 3.63) is 71.3 Å². The second-order valence-corrected chi connectivity index (χ2v) is 6.74. The van der Waals surface area contributed by atoms with E-state index in [1.54, 1.807) is 17.0 Å². The van der Waals surface area contributed by atoms with Gasteiger partial charge in [0.05, 0.1) is 24.7 Å². The van der Waals surface area contributed by atoms with Gasteiger partial charge in [0.25, 0.3) is 0 Å². The van der Waals surface area contributed by atoms with Gasteiger partial charge in [0.1, 0.15) is 6.61 Å². The van der Waals surface area contributed by atoms with Crippen LogP contribution in [0.5, 0.6) is 0 Å². The second-order valence-electron chi connectivity index (χ2n) is 6.74. The maximum absolute atomic E-state index is 12.5. The van der Waals surface area contributed by atoms with Gasteiger partial charge >= 0.3 is 12.1 Å². The largest absolute Gasteiger partial charge is 0.469 e. The number of likely N-dealkylation sites (tertiary alicyclic amines) is 1. The molecule has 0 bridgehead atoms. The number of carbonyl (C=O) groups excluding carboxylic acids is 2. The Morgan fingerprint density at radius 1 is 1.14 bits per heavy atom. The first-order chi connectivity index (χ1) is 13.6. The molecule has 1 aliphatic rings. The van der Waals surface area contributed by atoms with E-state index in [-0.39, 0.29) is 24.4 Å². The standard InChI is InChI=1S/C22H22N2O4/c1-27-21(25)19-11-12-24(22(26)28-15-17-5-3-2-4-6-17)14-20(19)18-9-7-16(13-23)8-10-18/h2-10,19-20H,11-12,14-15H2,1H3. The number of benzene rings is 2. The number of ether oxygens (including phenoxy) is 2. The van der Waals surface area contributed by atoms with E-state index < -0.39 is 6.09 Å². The summed E-state index contributed by atoms with van der Waals surface area (Å²) in [6, 6.07) is 18.7. The highest BCUT2D eigenvalue weighted by Gasteiger charge is 2.37. The zero-order valence-corrected chi connectivity index (χ0v) is 15.7. The third-order valence-electron chi connectivity index (χ3n) is 5.05. The molecule has 2 aromatic carbocycles. The topological polar surface area (TPSA) is 79.6 Å². The zero-order chi connectivity index (χ0) is 19.9. The zero-order valence-electron chi connectivity index (χ0n) is 15.7. The fourth-order valence-electron chi connectivity index (χ4n) is 3.50. The van der Waals surface area contributed by atoms with Gasteiger partial charge in [-0.05, 0) is 29.7 Å². The van der Waals surface area contributed by atoms with Crippen molar-refractivity contribution in [2.75, 3.05) is 20.2 Å². The van der Waals surface area contributed by atoms with Crippen LogP contribution in [0.25, 0.3) is 0 Å². The Labute approximate surface area is 164 Å². The van der Waals surface area contributed by atoms with Crippen LogP contribution in [0.2, 0.25) is 0 Å². The van der Waals surface area contributed by atoms with Crippen LogP contribution in [0.3, 0.4) is 0 Å². The van der Waals surface area contributed by atoms with Crippen LogP contribution in [0.4, 0.5) is 4.79 Å². The van der Waals surface area contributed by atoms with Crippen molar-refractivity contribution in [2.24, 2.45) is 5.92 Å². The maximum atomic E-state index is 12.5. The Balaban J connectivity index is 1.72. The molecule has 6 nitrogen and oxygen atoms in total. The number of esters is 1. The molecule has 2 unspecified atom stereocenters. The van der Waals surface area contributed by atoms with Crippen LogP contribution in [0, 0.1) is 17.2 Å². The molecule has 0 N–H and O–H groups in total. The van der Waals surface area contributed by atoms with Crippen LogP contribution < -0.4 is 0 Å². The molecule has 1 heterocycles. The Hall–Kier alpha value is -3.33. The molecule has 1 amide bonds. The normalized spacial score (nSPS) is 18.8. The lowest BCUT2D eigenvalue weighted by Gasteiger charge is -2.37. The van der Waals surface area contributed by atoms with Gasteiger partial charge in [-0.3, -0.25) is 4.79 Å². The number of carbonyl (C=O) groups is 2. The molecule has 3 rings (SSSR count). The van der Waals surface area contributed by atoms with Crippen molar-refractivity contribution in [2.45, 2.75) is 18.9 Å². The molecule has 0 aliphatic carbocycles. The summed E-state index contributed by atoms with van der Waals surface area (Å²) >= 11 is 0. The van der Waals surface area contributed by atoms with Gasteiger partial charge in [0.15, 0.2) is 0 Å². The minimum absolute atomic E-state index is 0.206. The molecule has 2 aromatic rings. The summed E-state index contributed by atoms with van der Waals surface area (Å²) in [7, 11) is 1.37. The van der Waals surface area contributed by atoms with Crippen molar-refractivity contribution in [1.29, 1.82) is 5.26 Å². The summed E-state index contributed by atoms with van der Waals surface area (Å²) in [5.74, 6) is -0.832. The van der Waals surface area contributed by atoms with E-state index in [2.05, 4.69) is 6.07 Å². The Kier molecular flexibility index (Phi) is 6.28. The molecule has 2 atom stereocenters. The molecule has 0 aromatic heterocycles. The summed E-state index contributed by atoms with van der Waals surface area (Å²) in [6.07, 6.45) is 0.100. The number of nitriles is 1. The molecule has 1 saturated heterocycles. The minimum Gasteiger partial charge on any atom is -0.469 e. The van der Waals surface area contributed by atoms with Crippen LogP contribution in [-0.2, 0) is 20.9 Å². The van der Waals surface area contributed by atoms with E-state index in [0.717, 1.165) is 11.1 Å². The molecular formula is C22H22N2O4. The number of piperidine rings is 1. The average Bonchev–Trinajstić information content (AvgIpc) is 2.77. The molecule has 1 aliphatic heterocycles. The monoisotopic (exact) mass is 378 g/mol. The first kappa shape index (κ1) is 19.4. The van der Waals surface area contributed by atoms with E-state index in [0.29, 0.717) is 25.1 Å². The van der Waals surface area contributed by atoms with E-state index in [1.165, 1.54) is 7.11 Å². The van der Waals surface area contributed by atoms with E-state index >= 15 is 0 Å². The van der Waals surface area contributed by atoms with Crippen LogP contribution in [0.1, 0.15) is 29.0 Å². The van der Waals surface area contributed by atoms with Crippen LogP contribution in [0.15, 0.2) is 54.6 Å². The third-order valence-corrected chi connectivity index (χ3v) is 5.05. The predicted molar refractivity (Wildman–Crippen MR) is 102 cm³/mol. The summed E-state index contributed by atoms with van der Waals surface area (Å²) in [5, 5.41) is 8.99. The smallest absolute Gasteiger partial charge is 0.410 e. The Morgan fingerprint density at radius 2 is 1.86 bits per heavy atom. The summed E-state index contributed by atoms with van der Waals surface area (Å²) in [5.41, 5.74) is 2.37. The lowest BCUT2D eigenvalue weighted by Crippen LogP contribution is -2.45. The number of amides is 1. The van der Waals surface area contributed by atoms with Crippen molar-refractivity contribution in [3.63, 3.8) is 0 Å². The van der Waals surface area contributed by atoms with Gasteiger partial charge in [0, 0.05) is 19.0 Å². The van der Waals surface area contributed by atoms with Crippen molar-refractivity contribution in [1.82, 2.24) is 4.90 Å². The van der Waals surface area contributed by atoms with Gasteiger partial charge in [-0.15, -0.1) is 0 Å². The number of hydrogen-bond acceptors (Lipinski definition) is 5. The molecule has 0 spiro atoms. The van der Waals surface area contributed by atoms with Crippen molar-refractivity contribution in [3.8, 4) is 6.07 Å². The Morgan fingerprint density at radius 3 is 2.50 bits per heavy atom. The number of methoxy groups -OCH3 is 1. The number of rotatable bonds is 4.